The normalized spacial score (nSPS) is 11.6. The molecular weight excluding hydrogens is 867 g/mol. The van der Waals surface area contributed by atoms with Gasteiger partial charge < -0.3 is 14.6 Å². The third-order valence-electron chi connectivity index (χ3n) is 3.12. The van der Waals surface area contributed by atoms with Crippen molar-refractivity contribution in [3.8, 4) is 11.5 Å². The van der Waals surface area contributed by atoms with Crippen molar-refractivity contribution in [2.45, 2.75) is 19.3 Å². The van der Waals surface area contributed by atoms with Crippen LogP contribution in [-0.2, 0) is 0 Å². The van der Waals surface area contributed by atoms with Gasteiger partial charge in [0, 0.05) is 17.9 Å². The summed E-state index contributed by atoms with van der Waals surface area (Å²) in [5.41, 5.74) is 0. The van der Waals surface area contributed by atoms with E-state index in [-0.39, 0.29) is 6.42 Å². The zero-order chi connectivity index (χ0) is 19.8. The lowest BCUT2D eigenvalue weighted by molar-refractivity contribution is -0.274. The van der Waals surface area contributed by atoms with E-state index in [1.807, 2.05) is 0 Å². The van der Waals surface area contributed by atoms with Gasteiger partial charge in [-0.25, -0.2) is 0 Å². The van der Waals surface area contributed by atoms with Gasteiger partial charge in [-0.2, -0.15) is 0 Å². The Balaban J connectivity index is 2.42. The van der Waals surface area contributed by atoms with Crippen LogP contribution in [0.4, 0.5) is 0 Å². The van der Waals surface area contributed by atoms with Gasteiger partial charge in [-0.3, -0.25) is 0 Å². The molecule has 2 aromatic rings. The van der Waals surface area contributed by atoms with Crippen LogP contribution in [0, 0.1) is 0 Å². The summed E-state index contributed by atoms with van der Waals surface area (Å²) < 4.78 is 17.6. The van der Waals surface area contributed by atoms with Crippen LogP contribution < -0.4 is 9.47 Å². The summed E-state index contributed by atoms with van der Waals surface area (Å²) in [6, 6.07) is 3.46. The van der Waals surface area contributed by atoms with Gasteiger partial charge in [0.15, 0.2) is 0 Å². The van der Waals surface area contributed by atoms with Crippen LogP contribution >= 0.6 is 127 Å². The predicted octanol–water partition coefficient (Wildman–Crippen LogP) is 9.30. The number of ether oxygens (including phenoxy) is 2. The fourth-order valence-corrected chi connectivity index (χ4v) is 5.87. The third kappa shape index (κ3) is 5.30. The summed E-state index contributed by atoms with van der Waals surface area (Å²) in [4.78, 5) is 0. The minimum absolute atomic E-state index is 0.183. The van der Waals surface area contributed by atoms with Gasteiger partial charge in [-0.1, -0.05) is 6.92 Å². The summed E-state index contributed by atoms with van der Waals surface area (Å²) in [6.45, 7) is 1.76. The minimum atomic E-state index is -1.88. The molecule has 1 N–H and O–H groups in total. The number of aliphatic hydroxyl groups is 1. The quantitative estimate of drug-likeness (QED) is 0.185. The molecule has 0 saturated heterocycles. The molecule has 2 aromatic carbocycles. The molecule has 0 aliphatic rings. The Morgan fingerprint density at radius 1 is 0.692 bits per heavy atom. The molecule has 0 aliphatic heterocycles. The standard InChI is InChI=1S/C15H8Br8O3/c1-2-15(24,25-7-3-5(16)9(18)13(22)11(7)20)26-8-4-6(17)10(19)14(23)12(8)21/h3-4,24H,2H2,1H3. The average molecular weight is 875 g/mol. The first kappa shape index (κ1) is 24.1. The lowest BCUT2D eigenvalue weighted by Crippen LogP contribution is -2.41. The van der Waals surface area contributed by atoms with E-state index in [2.05, 4.69) is 127 Å². The van der Waals surface area contributed by atoms with E-state index in [1.54, 1.807) is 19.1 Å². The second-order valence-electron chi connectivity index (χ2n) is 4.87. The van der Waals surface area contributed by atoms with Gasteiger partial charge >= 0.3 is 5.97 Å². The van der Waals surface area contributed by atoms with Gasteiger partial charge in [0.25, 0.3) is 0 Å². The van der Waals surface area contributed by atoms with E-state index in [4.69, 9.17) is 9.47 Å². The number of benzene rings is 2. The van der Waals surface area contributed by atoms with Gasteiger partial charge in [0.05, 0.1) is 24.3 Å². The summed E-state index contributed by atoms with van der Waals surface area (Å²) in [5.74, 6) is -1.07. The second kappa shape index (κ2) is 9.76. The Morgan fingerprint density at radius 3 is 1.35 bits per heavy atom. The van der Waals surface area contributed by atoms with E-state index in [0.29, 0.717) is 20.4 Å². The van der Waals surface area contributed by atoms with Crippen molar-refractivity contribution in [2.24, 2.45) is 0 Å². The Morgan fingerprint density at radius 2 is 1.04 bits per heavy atom. The molecule has 0 spiro atoms. The maximum absolute atomic E-state index is 10.9. The smallest absolute Gasteiger partial charge is 0.368 e. The van der Waals surface area contributed by atoms with Crippen LogP contribution in [0.3, 0.4) is 0 Å². The van der Waals surface area contributed by atoms with Crippen molar-refractivity contribution in [1.82, 2.24) is 0 Å². The number of rotatable bonds is 5. The predicted molar refractivity (Wildman–Crippen MR) is 131 cm³/mol. The molecule has 0 bridgehead atoms. The van der Waals surface area contributed by atoms with Crippen LogP contribution in [0.25, 0.3) is 0 Å². The van der Waals surface area contributed by atoms with Crippen LogP contribution in [-0.4, -0.2) is 11.1 Å². The van der Waals surface area contributed by atoms with Crippen molar-refractivity contribution < 1.29 is 14.6 Å². The first-order valence-corrected chi connectivity index (χ1v) is 13.1. The Kier molecular flexibility index (Phi) is 9.06. The molecule has 0 saturated carbocycles. The molecule has 0 fully saturated rings. The van der Waals surface area contributed by atoms with Crippen LogP contribution in [0.5, 0.6) is 11.5 Å². The molecule has 0 atom stereocenters. The van der Waals surface area contributed by atoms with Crippen LogP contribution in [0.15, 0.2) is 47.9 Å². The van der Waals surface area contributed by atoms with E-state index in [9.17, 15) is 5.11 Å². The average Bonchev–Trinajstić information content (AvgIpc) is 2.60. The van der Waals surface area contributed by atoms with Crippen molar-refractivity contribution in [2.75, 3.05) is 0 Å². The minimum Gasteiger partial charge on any atom is -0.429 e. The Hall–Kier alpha value is 1.84. The van der Waals surface area contributed by atoms with Crippen molar-refractivity contribution in [1.29, 1.82) is 0 Å². The molecular formula is C15H8Br8O3. The first-order valence-electron chi connectivity index (χ1n) is 6.77. The molecule has 0 aromatic heterocycles. The molecule has 3 nitrogen and oxygen atoms in total. The highest BCUT2D eigenvalue weighted by Gasteiger charge is 2.33. The maximum Gasteiger partial charge on any atom is 0.368 e. The summed E-state index contributed by atoms with van der Waals surface area (Å²) in [5, 5.41) is 10.9. The maximum atomic E-state index is 10.9. The molecule has 142 valence electrons. The molecule has 0 aliphatic carbocycles. The topological polar surface area (TPSA) is 38.7 Å². The number of hydrogen-bond acceptors (Lipinski definition) is 3. The molecule has 0 radical (unpaired) electrons. The SMILES string of the molecule is CCC(O)(Oc1cc(Br)c(Br)c(Br)c1Br)Oc1cc(Br)c(Br)c(Br)c1Br. The first-order chi connectivity index (χ1) is 12.0. The summed E-state index contributed by atoms with van der Waals surface area (Å²) in [7, 11) is 0. The Labute approximate surface area is 218 Å². The lowest BCUT2D eigenvalue weighted by atomic mass is 10.3. The molecule has 0 amide bonds. The van der Waals surface area contributed by atoms with Crippen LogP contribution in [0.1, 0.15) is 13.3 Å². The van der Waals surface area contributed by atoms with E-state index < -0.39 is 5.97 Å². The summed E-state index contributed by atoms with van der Waals surface area (Å²) >= 11 is 27.6. The van der Waals surface area contributed by atoms with Gasteiger partial charge in [-0.05, 0) is 140 Å². The number of halogens is 8. The number of hydrogen-bond donors (Lipinski definition) is 1. The zero-order valence-corrected chi connectivity index (χ0v) is 25.3. The largest absolute Gasteiger partial charge is 0.429 e. The van der Waals surface area contributed by atoms with E-state index in [0.717, 1.165) is 26.8 Å². The second-order valence-corrected chi connectivity index (χ2v) is 11.3. The third-order valence-corrected chi connectivity index (χ3v) is 12.4. The molecule has 0 unspecified atom stereocenters. The van der Waals surface area contributed by atoms with Crippen molar-refractivity contribution >= 4 is 127 Å². The Bertz CT molecular complexity index is 790. The van der Waals surface area contributed by atoms with E-state index >= 15 is 0 Å². The van der Waals surface area contributed by atoms with Gasteiger partial charge in [0.1, 0.15) is 11.5 Å². The molecule has 2 rings (SSSR count). The lowest BCUT2D eigenvalue weighted by Gasteiger charge is -2.29. The zero-order valence-electron chi connectivity index (χ0n) is 12.6. The fourth-order valence-electron chi connectivity index (χ4n) is 1.76. The highest BCUT2D eigenvalue weighted by Crippen LogP contribution is 2.46. The highest BCUT2D eigenvalue weighted by molar-refractivity contribution is 9.15. The molecule has 0 heterocycles. The molecule has 26 heavy (non-hydrogen) atoms. The van der Waals surface area contributed by atoms with Crippen LogP contribution in [0.2, 0.25) is 0 Å². The summed E-state index contributed by atoms with van der Waals surface area (Å²) in [6.07, 6.45) is 0.183. The highest BCUT2D eigenvalue weighted by atomic mass is 79.9. The van der Waals surface area contributed by atoms with Crippen molar-refractivity contribution in [3.05, 3.63) is 47.9 Å². The molecule has 11 heteroatoms. The van der Waals surface area contributed by atoms with Crippen molar-refractivity contribution in [3.63, 3.8) is 0 Å². The van der Waals surface area contributed by atoms with Gasteiger partial charge in [0.2, 0.25) is 0 Å². The van der Waals surface area contributed by atoms with Gasteiger partial charge in [-0.15, -0.1) is 0 Å². The van der Waals surface area contributed by atoms with E-state index in [1.165, 1.54) is 0 Å². The monoisotopic (exact) mass is 867 g/mol. The fraction of sp³-hybridized carbons (Fsp3) is 0.200.